The number of pyridine rings is 1. The summed E-state index contributed by atoms with van der Waals surface area (Å²) in [6.07, 6.45) is 1.72. The maximum absolute atomic E-state index is 6.19. The zero-order valence-corrected chi connectivity index (χ0v) is 13.1. The smallest absolute Gasteiger partial charge is 0.136 e. The molecule has 0 N–H and O–H groups in total. The summed E-state index contributed by atoms with van der Waals surface area (Å²) in [5.74, 6) is 0.834. The summed E-state index contributed by atoms with van der Waals surface area (Å²) >= 11 is 9.68. The first-order valence-corrected chi connectivity index (χ1v) is 7.24. The second-order valence-corrected chi connectivity index (χ2v) is 5.60. The van der Waals surface area contributed by atoms with Crippen molar-refractivity contribution in [3.63, 3.8) is 0 Å². The third kappa shape index (κ3) is 2.39. The van der Waals surface area contributed by atoms with Gasteiger partial charge in [0.25, 0.3) is 0 Å². The molecule has 0 radical (unpaired) electrons. The molecule has 0 aliphatic carbocycles. The van der Waals surface area contributed by atoms with Crippen molar-refractivity contribution in [2.24, 2.45) is 0 Å². The highest BCUT2D eigenvalue weighted by molar-refractivity contribution is 9.10. The molecule has 0 fully saturated rings. The second-order valence-electron chi connectivity index (χ2n) is 4.39. The fraction of sp³-hybridized carbons (Fsp3) is 0.0625. The lowest BCUT2D eigenvalue weighted by atomic mass is 10.0. The van der Waals surface area contributed by atoms with Gasteiger partial charge < -0.3 is 4.74 Å². The maximum atomic E-state index is 6.19. The molecule has 100 valence electrons. The average molecular weight is 349 g/mol. The van der Waals surface area contributed by atoms with Crippen molar-refractivity contribution < 1.29 is 4.74 Å². The molecular weight excluding hydrogens is 338 g/mol. The van der Waals surface area contributed by atoms with Crippen LogP contribution in [0.15, 0.2) is 53.1 Å². The number of aromatic nitrogens is 1. The van der Waals surface area contributed by atoms with E-state index in [2.05, 4.69) is 27.0 Å². The van der Waals surface area contributed by atoms with Crippen molar-refractivity contribution in [2.45, 2.75) is 0 Å². The van der Waals surface area contributed by atoms with E-state index in [4.69, 9.17) is 16.3 Å². The molecule has 0 aliphatic rings. The number of fused-ring (bicyclic) bond motifs is 1. The van der Waals surface area contributed by atoms with Gasteiger partial charge in [0, 0.05) is 21.4 Å². The lowest BCUT2D eigenvalue weighted by Crippen LogP contribution is -1.86. The SMILES string of the molecule is COc1cccc(-c2ccc3c(Br)cnc(Cl)c3c2)c1. The van der Waals surface area contributed by atoms with Gasteiger partial charge in [-0.1, -0.05) is 35.9 Å². The zero-order chi connectivity index (χ0) is 14.1. The first-order valence-electron chi connectivity index (χ1n) is 6.07. The number of methoxy groups -OCH3 is 1. The van der Waals surface area contributed by atoms with Crippen molar-refractivity contribution in [3.8, 4) is 16.9 Å². The Labute approximate surface area is 130 Å². The van der Waals surface area contributed by atoms with E-state index >= 15 is 0 Å². The Bertz CT molecular complexity index is 789. The molecule has 0 amide bonds. The minimum Gasteiger partial charge on any atom is -0.497 e. The van der Waals surface area contributed by atoms with Crippen LogP contribution in [-0.2, 0) is 0 Å². The molecule has 3 aromatic rings. The van der Waals surface area contributed by atoms with E-state index in [0.717, 1.165) is 32.1 Å². The van der Waals surface area contributed by atoms with Crippen LogP contribution in [0.4, 0.5) is 0 Å². The van der Waals surface area contributed by atoms with Gasteiger partial charge in [-0.15, -0.1) is 0 Å². The van der Waals surface area contributed by atoms with Crippen molar-refractivity contribution in [3.05, 3.63) is 58.3 Å². The molecule has 2 aromatic carbocycles. The fourth-order valence-corrected chi connectivity index (χ4v) is 2.81. The highest BCUT2D eigenvalue weighted by Gasteiger charge is 2.07. The first kappa shape index (κ1) is 13.4. The summed E-state index contributed by atoms with van der Waals surface area (Å²) < 4.78 is 6.20. The van der Waals surface area contributed by atoms with Crippen LogP contribution in [0.2, 0.25) is 5.15 Å². The van der Waals surface area contributed by atoms with Crippen LogP contribution >= 0.6 is 27.5 Å². The van der Waals surface area contributed by atoms with Crippen LogP contribution in [0, 0.1) is 0 Å². The molecular formula is C16H11BrClNO. The summed E-state index contributed by atoms with van der Waals surface area (Å²) in [6.45, 7) is 0. The van der Waals surface area contributed by atoms with Crippen molar-refractivity contribution in [1.29, 1.82) is 0 Å². The molecule has 1 aromatic heterocycles. The van der Waals surface area contributed by atoms with Gasteiger partial charge in [-0.2, -0.15) is 0 Å². The highest BCUT2D eigenvalue weighted by atomic mass is 79.9. The maximum Gasteiger partial charge on any atom is 0.136 e. The summed E-state index contributed by atoms with van der Waals surface area (Å²) in [4.78, 5) is 4.17. The van der Waals surface area contributed by atoms with Crippen molar-refractivity contribution >= 4 is 38.3 Å². The summed E-state index contributed by atoms with van der Waals surface area (Å²) in [5, 5.41) is 2.49. The molecule has 4 heteroatoms. The van der Waals surface area contributed by atoms with E-state index in [1.165, 1.54) is 0 Å². The minimum absolute atomic E-state index is 0.507. The van der Waals surface area contributed by atoms with Crippen molar-refractivity contribution in [2.75, 3.05) is 7.11 Å². The number of halogens is 2. The predicted octanol–water partition coefficient (Wildman–Crippen LogP) is 5.33. The average Bonchev–Trinajstić information content (AvgIpc) is 2.51. The van der Waals surface area contributed by atoms with Crippen LogP contribution in [0.25, 0.3) is 21.9 Å². The van der Waals surface area contributed by atoms with E-state index < -0.39 is 0 Å². The van der Waals surface area contributed by atoms with Gasteiger partial charge in [0.1, 0.15) is 10.9 Å². The van der Waals surface area contributed by atoms with Gasteiger partial charge >= 0.3 is 0 Å². The van der Waals surface area contributed by atoms with Crippen LogP contribution in [0.1, 0.15) is 0 Å². The molecule has 0 atom stereocenters. The molecule has 20 heavy (non-hydrogen) atoms. The molecule has 0 spiro atoms. The summed E-state index contributed by atoms with van der Waals surface area (Å²) in [6, 6.07) is 14.1. The molecule has 0 unspecified atom stereocenters. The molecule has 0 saturated heterocycles. The third-order valence-electron chi connectivity index (χ3n) is 3.19. The Balaban J connectivity index is 2.20. The summed E-state index contributed by atoms with van der Waals surface area (Å²) in [7, 11) is 1.66. The second kappa shape index (κ2) is 5.43. The quantitative estimate of drug-likeness (QED) is 0.584. The first-order chi connectivity index (χ1) is 9.69. The van der Waals surface area contributed by atoms with Gasteiger partial charge in [-0.25, -0.2) is 4.98 Å². The Kier molecular flexibility index (Phi) is 3.64. The van der Waals surface area contributed by atoms with Crippen LogP contribution in [-0.4, -0.2) is 12.1 Å². The predicted molar refractivity (Wildman–Crippen MR) is 86.4 cm³/mol. The van der Waals surface area contributed by atoms with Gasteiger partial charge in [0.05, 0.1) is 7.11 Å². The van der Waals surface area contributed by atoms with Crippen molar-refractivity contribution in [1.82, 2.24) is 4.98 Å². The van der Waals surface area contributed by atoms with E-state index in [-0.39, 0.29) is 0 Å². The number of rotatable bonds is 2. The van der Waals surface area contributed by atoms with Crippen LogP contribution in [0.5, 0.6) is 5.75 Å². The Morgan fingerprint density at radius 1 is 1.05 bits per heavy atom. The number of nitrogens with zero attached hydrogens (tertiary/aromatic N) is 1. The van der Waals surface area contributed by atoms with Gasteiger partial charge in [-0.3, -0.25) is 0 Å². The number of ether oxygens (including phenoxy) is 1. The Morgan fingerprint density at radius 2 is 1.85 bits per heavy atom. The molecule has 3 rings (SSSR count). The molecule has 0 aliphatic heterocycles. The number of benzene rings is 2. The van der Waals surface area contributed by atoms with Crippen LogP contribution in [0.3, 0.4) is 0 Å². The highest BCUT2D eigenvalue weighted by Crippen LogP contribution is 2.32. The normalized spacial score (nSPS) is 10.8. The largest absolute Gasteiger partial charge is 0.497 e. The van der Waals surface area contributed by atoms with E-state index in [0.29, 0.717) is 5.15 Å². The summed E-state index contributed by atoms with van der Waals surface area (Å²) in [5.41, 5.74) is 2.17. The molecule has 1 heterocycles. The molecule has 0 saturated carbocycles. The lowest BCUT2D eigenvalue weighted by molar-refractivity contribution is 0.415. The Hall–Kier alpha value is -1.58. The number of hydrogen-bond acceptors (Lipinski definition) is 2. The standard InChI is InChI=1S/C16H11BrClNO/c1-20-12-4-2-3-10(7-12)11-5-6-13-14(8-11)16(18)19-9-15(13)17/h2-9H,1H3. The van der Waals surface area contributed by atoms with E-state index in [9.17, 15) is 0 Å². The Morgan fingerprint density at radius 3 is 2.65 bits per heavy atom. The topological polar surface area (TPSA) is 22.1 Å². The van der Waals surface area contributed by atoms with Gasteiger partial charge in [0.2, 0.25) is 0 Å². The van der Waals surface area contributed by atoms with Crippen LogP contribution < -0.4 is 4.74 Å². The molecule has 2 nitrogen and oxygen atoms in total. The number of hydrogen-bond donors (Lipinski definition) is 0. The lowest BCUT2D eigenvalue weighted by Gasteiger charge is -2.08. The fourth-order valence-electron chi connectivity index (χ4n) is 2.16. The molecule has 0 bridgehead atoms. The van der Waals surface area contributed by atoms with Gasteiger partial charge in [0.15, 0.2) is 0 Å². The minimum atomic E-state index is 0.507. The van der Waals surface area contributed by atoms with E-state index in [1.807, 2.05) is 36.4 Å². The third-order valence-corrected chi connectivity index (χ3v) is 4.13. The van der Waals surface area contributed by atoms with E-state index in [1.54, 1.807) is 13.3 Å². The van der Waals surface area contributed by atoms with Gasteiger partial charge in [-0.05, 0) is 45.3 Å². The monoisotopic (exact) mass is 347 g/mol. The zero-order valence-electron chi connectivity index (χ0n) is 10.7.